The summed E-state index contributed by atoms with van der Waals surface area (Å²) < 4.78 is 5.06. The van der Waals surface area contributed by atoms with Crippen molar-refractivity contribution in [1.82, 2.24) is 4.90 Å². The molecule has 4 heteroatoms. The van der Waals surface area contributed by atoms with Gasteiger partial charge in [0.2, 0.25) is 0 Å². The minimum Gasteiger partial charge on any atom is -0.504 e. The molecule has 0 aromatic heterocycles. The zero-order valence-corrected chi connectivity index (χ0v) is 9.94. The number of phenolic OH excluding ortho intramolecular Hbond substituents is 1. The minimum absolute atomic E-state index is 0.177. The van der Waals surface area contributed by atoms with E-state index >= 15 is 0 Å². The average Bonchev–Trinajstić information content (AvgIpc) is 2.29. The summed E-state index contributed by atoms with van der Waals surface area (Å²) in [5.74, 6) is 0.695. The van der Waals surface area contributed by atoms with Crippen molar-refractivity contribution in [1.29, 1.82) is 0 Å². The van der Waals surface area contributed by atoms with E-state index in [9.17, 15) is 5.11 Å². The minimum atomic E-state index is 0.177. The van der Waals surface area contributed by atoms with Crippen LogP contribution in [0, 0.1) is 0 Å². The van der Waals surface area contributed by atoms with Crippen molar-refractivity contribution in [2.75, 3.05) is 27.2 Å². The molecule has 1 aromatic carbocycles. The van der Waals surface area contributed by atoms with Crippen molar-refractivity contribution < 1.29 is 9.84 Å². The maximum atomic E-state index is 9.46. The van der Waals surface area contributed by atoms with E-state index in [1.165, 1.54) is 0 Å². The standard InChI is InChI=1S/C12H20N2O2/c1-14(7-3-6-13)9-10-4-5-11(15)12(8-10)16-2/h4-5,8,15H,3,6-7,9,13H2,1-2H3. The molecule has 0 unspecified atom stereocenters. The predicted octanol–water partition coefficient (Wildman–Crippen LogP) is 1.18. The SMILES string of the molecule is COc1cc(CN(C)CCCN)ccc1O. The predicted molar refractivity (Wildman–Crippen MR) is 64.7 cm³/mol. The van der Waals surface area contributed by atoms with Gasteiger partial charge in [0.25, 0.3) is 0 Å². The summed E-state index contributed by atoms with van der Waals surface area (Å²) in [6.45, 7) is 2.51. The van der Waals surface area contributed by atoms with E-state index in [2.05, 4.69) is 11.9 Å². The van der Waals surface area contributed by atoms with Crippen LogP contribution in [0.3, 0.4) is 0 Å². The molecular formula is C12H20N2O2. The normalized spacial score (nSPS) is 10.8. The average molecular weight is 224 g/mol. The smallest absolute Gasteiger partial charge is 0.160 e. The highest BCUT2D eigenvalue weighted by atomic mass is 16.5. The maximum absolute atomic E-state index is 9.46. The molecule has 0 aliphatic rings. The fourth-order valence-electron chi connectivity index (χ4n) is 1.57. The largest absolute Gasteiger partial charge is 0.504 e. The fourth-order valence-corrected chi connectivity index (χ4v) is 1.57. The molecule has 0 radical (unpaired) electrons. The third kappa shape index (κ3) is 3.72. The molecule has 0 amide bonds. The van der Waals surface area contributed by atoms with Crippen LogP contribution < -0.4 is 10.5 Å². The third-order valence-electron chi connectivity index (χ3n) is 2.44. The van der Waals surface area contributed by atoms with Gasteiger partial charge in [0, 0.05) is 6.54 Å². The van der Waals surface area contributed by atoms with E-state index in [4.69, 9.17) is 10.5 Å². The van der Waals surface area contributed by atoms with Crippen molar-refractivity contribution in [3.63, 3.8) is 0 Å². The Morgan fingerprint density at radius 3 is 2.81 bits per heavy atom. The van der Waals surface area contributed by atoms with Crippen LogP contribution in [0.15, 0.2) is 18.2 Å². The number of nitrogens with zero attached hydrogens (tertiary/aromatic N) is 1. The number of nitrogens with two attached hydrogens (primary N) is 1. The van der Waals surface area contributed by atoms with E-state index in [0.717, 1.165) is 25.1 Å². The van der Waals surface area contributed by atoms with Crippen LogP contribution in [-0.2, 0) is 6.54 Å². The van der Waals surface area contributed by atoms with Crippen LogP contribution in [-0.4, -0.2) is 37.3 Å². The fraction of sp³-hybridized carbons (Fsp3) is 0.500. The van der Waals surface area contributed by atoms with E-state index in [1.807, 2.05) is 12.1 Å². The summed E-state index contributed by atoms with van der Waals surface area (Å²) >= 11 is 0. The van der Waals surface area contributed by atoms with Gasteiger partial charge in [-0.15, -0.1) is 0 Å². The number of benzene rings is 1. The van der Waals surface area contributed by atoms with Gasteiger partial charge in [0.1, 0.15) is 0 Å². The molecular weight excluding hydrogens is 204 g/mol. The van der Waals surface area contributed by atoms with Crippen molar-refractivity contribution in [2.24, 2.45) is 5.73 Å². The van der Waals surface area contributed by atoms with Crippen molar-refractivity contribution in [2.45, 2.75) is 13.0 Å². The number of ether oxygens (including phenoxy) is 1. The Morgan fingerprint density at radius 2 is 2.19 bits per heavy atom. The number of hydrogen-bond donors (Lipinski definition) is 2. The van der Waals surface area contributed by atoms with Gasteiger partial charge in [0.05, 0.1) is 7.11 Å². The van der Waals surface area contributed by atoms with Crippen molar-refractivity contribution in [3.05, 3.63) is 23.8 Å². The van der Waals surface area contributed by atoms with E-state index < -0.39 is 0 Å². The lowest BCUT2D eigenvalue weighted by molar-refractivity contribution is 0.322. The number of aromatic hydroxyl groups is 1. The van der Waals surface area contributed by atoms with Gasteiger partial charge in [-0.05, 0) is 44.3 Å². The molecule has 1 rings (SSSR count). The summed E-state index contributed by atoms with van der Waals surface area (Å²) in [5, 5.41) is 9.46. The Labute approximate surface area is 96.6 Å². The van der Waals surface area contributed by atoms with Crippen LogP contribution in [0.2, 0.25) is 0 Å². The maximum Gasteiger partial charge on any atom is 0.160 e. The number of phenols is 1. The summed E-state index contributed by atoms with van der Waals surface area (Å²) in [7, 11) is 3.60. The second-order valence-corrected chi connectivity index (χ2v) is 3.89. The van der Waals surface area contributed by atoms with Gasteiger partial charge in [-0.25, -0.2) is 0 Å². The molecule has 0 heterocycles. The molecule has 3 N–H and O–H groups in total. The van der Waals surface area contributed by atoms with Crippen molar-refractivity contribution >= 4 is 0 Å². The number of hydrogen-bond acceptors (Lipinski definition) is 4. The molecule has 0 atom stereocenters. The van der Waals surface area contributed by atoms with Gasteiger partial charge in [-0.2, -0.15) is 0 Å². The van der Waals surface area contributed by atoms with Crippen LogP contribution in [0.4, 0.5) is 0 Å². The summed E-state index contributed by atoms with van der Waals surface area (Å²) in [6, 6.07) is 5.41. The van der Waals surface area contributed by atoms with E-state index in [1.54, 1.807) is 13.2 Å². The summed E-state index contributed by atoms with van der Waals surface area (Å²) in [6.07, 6.45) is 0.992. The zero-order valence-electron chi connectivity index (χ0n) is 9.94. The first-order valence-electron chi connectivity index (χ1n) is 5.42. The lowest BCUT2D eigenvalue weighted by atomic mass is 10.2. The van der Waals surface area contributed by atoms with Crippen molar-refractivity contribution in [3.8, 4) is 11.5 Å². The molecule has 0 spiro atoms. The highest BCUT2D eigenvalue weighted by molar-refractivity contribution is 5.41. The first-order chi connectivity index (χ1) is 7.67. The molecule has 0 saturated carbocycles. The van der Waals surface area contributed by atoms with Gasteiger partial charge < -0.3 is 20.5 Å². The lowest BCUT2D eigenvalue weighted by Gasteiger charge is -2.16. The molecule has 1 aromatic rings. The van der Waals surface area contributed by atoms with Crippen LogP contribution in [0.1, 0.15) is 12.0 Å². The van der Waals surface area contributed by atoms with Crippen LogP contribution in [0.5, 0.6) is 11.5 Å². The topological polar surface area (TPSA) is 58.7 Å². The Kier molecular flexibility index (Phi) is 5.08. The van der Waals surface area contributed by atoms with E-state index in [0.29, 0.717) is 12.3 Å². The number of rotatable bonds is 6. The Balaban J connectivity index is 2.59. The molecule has 16 heavy (non-hydrogen) atoms. The zero-order chi connectivity index (χ0) is 12.0. The molecule has 0 aliphatic carbocycles. The first kappa shape index (κ1) is 12.8. The molecule has 0 bridgehead atoms. The second kappa shape index (κ2) is 6.35. The summed E-state index contributed by atoms with van der Waals surface area (Å²) in [5.41, 5.74) is 6.58. The third-order valence-corrected chi connectivity index (χ3v) is 2.44. The first-order valence-corrected chi connectivity index (χ1v) is 5.42. The molecule has 0 saturated heterocycles. The Bertz CT molecular complexity index is 329. The molecule has 0 aliphatic heterocycles. The molecule has 90 valence electrons. The Hall–Kier alpha value is -1.26. The van der Waals surface area contributed by atoms with E-state index in [-0.39, 0.29) is 5.75 Å². The van der Waals surface area contributed by atoms with Gasteiger partial charge in [-0.3, -0.25) is 0 Å². The van der Waals surface area contributed by atoms with Crippen LogP contribution >= 0.6 is 0 Å². The summed E-state index contributed by atoms with van der Waals surface area (Å²) in [4.78, 5) is 2.19. The Morgan fingerprint density at radius 1 is 1.44 bits per heavy atom. The van der Waals surface area contributed by atoms with Gasteiger partial charge in [0.15, 0.2) is 11.5 Å². The molecule has 0 fully saturated rings. The second-order valence-electron chi connectivity index (χ2n) is 3.89. The van der Waals surface area contributed by atoms with Gasteiger partial charge in [-0.1, -0.05) is 6.07 Å². The van der Waals surface area contributed by atoms with Gasteiger partial charge >= 0.3 is 0 Å². The monoisotopic (exact) mass is 224 g/mol. The highest BCUT2D eigenvalue weighted by Crippen LogP contribution is 2.26. The van der Waals surface area contributed by atoms with Crippen LogP contribution in [0.25, 0.3) is 0 Å². The number of methoxy groups -OCH3 is 1. The highest BCUT2D eigenvalue weighted by Gasteiger charge is 2.04. The quantitative estimate of drug-likeness (QED) is 0.762. The molecule has 4 nitrogen and oxygen atoms in total. The lowest BCUT2D eigenvalue weighted by Crippen LogP contribution is -2.21.